The maximum atomic E-state index is 12.7. The monoisotopic (exact) mass is 390 g/mol. The van der Waals surface area contributed by atoms with Gasteiger partial charge in [0.05, 0.1) is 12.1 Å². The lowest BCUT2D eigenvalue weighted by Crippen LogP contribution is -2.26. The quantitative estimate of drug-likeness (QED) is 0.539. The number of hydrogen-bond acceptors (Lipinski definition) is 3. The van der Waals surface area contributed by atoms with Gasteiger partial charge in [-0.05, 0) is 35.9 Å². The third kappa shape index (κ3) is 4.05. The highest BCUT2D eigenvalue weighted by Gasteiger charge is 2.16. The molecule has 2 aromatic heterocycles. The zero-order chi connectivity index (χ0) is 19.3. The van der Waals surface area contributed by atoms with Crippen molar-refractivity contribution in [2.24, 2.45) is 0 Å². The highest BCUT2D eigenvalue weighted by molar-refractivity contribution is 6.30. The minimum absolute atomic E-state index is 0.179. The lowest BCUT2D eigenvalue weighted by Gasteiger charge is -2.04. The summed E-state index contributed by atoms with van der Waals surface area (Å²) in [5.41, 5.74) is 3.37. The normalized spacial score (nSPS) is 10.9. The average molecular weight is 391 g/mol. The first-order valence-electron chi connectivity index (χ1n) is 9.09. The number of hydrogen-bond donors (Lipinski definition) is 1. The fourth-order valence-electron chi connectivity index (χ4n) is 3.11. The molecule has 0 aliphatic heterocycles. The summed E-state index contributed by atoms with van der Waals surface area (Å²) in [6.07, 6.45) is 2.43. The smallest absolute Gasteiger partial charge is 0.272 e. The topological polar surface area (TPSA) is 59.8 Å². The van der Waals surface area contributed by atoms with Crippen LogP contribution >= 0.6 is 11.6 Å². The lowest BCUT2D eigenvalue weighted by molar-refractivity contribution is 0.0950. The van der Waals surface area contributed by atoms with E-state index in [1.807, 2.05) is 71.4 Å². The average Bonchev–Trinajstić information content (AvgIpc) is 3.09. The van der Waals surface area contributed by atoms with Crippen molar-refractivity contribution in [1.82, 2.24) is 20.1 Å². The van der Waals surface area contributed by atoms with Gasteiger partial charge in [0, 0.05) is 35.3 Å². The van der Waals surface area contributed by atoms with Crippen LogP contribution in [0.25, 0.3) is 10.9 Å². The Labute approximate surface area is 168 Å². The second-order valence-corrected chi connectivity index (χ2v) is 6.91. The van der Waals surface area contributed by atoms with Gasteiger partial charge in [-0.1, -0.05) is 48.0 Å². The van der Waals surface area contributed by atoms with Gasteiger partial charge in [-0.15, -0.1) is 0 Å². The summed E-state index contributed by atoms with van der Waals surface area (Å²) >= 11 is 5.97. The second kappa shape index (κ2) is 8.23. The number of halogens is 1. The van der Waals surface area contributed by atoms with Crippen LogP contribution in [0.5, 0.6) is 0 Å². The predicted molar refractivity (Wildman–Crippen MR) is 111 cm³/mol. The van der Waals surface area contributed by atoms with Crippen LogP contribution in [-0.2, 0) is 13.0 Å². The molecule has 4 aromatic rings. The highest BCUT2D eigenvalue weighted by atomic mass is 35.5. The molecule has 28 heavy (non-hydrogen) atoms. The van der Waals surface area contributed by atoms with Crippen LogP contribution < -0.4 is 5.32 Å². The number of benzene rings is 2. The van der Waals surface area contributed by atoms with E-state index in [1.165, 1.54) is 0 Å². The summed E-state index contributed by atoms with van der Waals surface area (Å²) in [4.78, 5) is 17.0. The molecule has 0 unspecified atom stereocenters. The van der Waals surface area contributed by atoms with E-state index in [1.54, 1.807) is 6.20 Å². The first-order valence-corrected chi connectivity index (χ1v) is 9.46. The first-order chi connectivity index (χ1) is 13.7. The zero-order valence-electron chi connectivity index (χ0n) is 15.2. The molecule has 140 valence electrons. The maximum Gasteiger partial charge on any atom is 0.272 e. The van der Waals surface area contributed by atoms with Gasteiger partial charge < -0.3 is 5.32 Å². The van der Waals surface area contributed by atoms with E-state index in [-0.39, 0.29) is 5.91 Å². The Balaban J connectivity index is 1.53. The van der Waals surface area contributed by atoms with Gasteiger partial charge in [-0.25, -0.2) is 0 Å². The van der Waals surface area contributed by atoms with Gasteiger partial charge in [-0.3, -0.25) is 14.5 Å². The molecule has 0 spiro atoms. The molecule has 0 radical (unpaired) electrons. The van der Waals surface area contributed by atoms with E-state index >= 15 is 0 Å². The van der Waals surface area contributed by atoms with E-state index in [2.05, 4.69) is 15.4 Å². The molecule has 4 rings (SSSR count). The predicted octanol–water partition coefficient (Wildman–Crippen LogP) is 4.11. The molecule has 2 aromatic carbocycles. The molecule has 2 heterocycles. The van der Waals surface area contributed by atoms with Crippen molar-refractivity contribution in [3.63, 3.8) is 0 Å². The van der Waals surface area contributed by atoms with Gasteiger partial charge in [0.2, 0.25) is 0 Å². The Hall–Kier alpha value is -3.18. The molecule has 0 atom stereocenters. The third-order valence-electron chi connectivity index (χ3n) is 4.51. The molecule has 0 bridgehead atoms. The van der Waals surface area contributed by atoms with Crippen molar-refractivity contribution in [2.45, 2.75) is 13.0 Å². The van der Waals surface area contributed by atoms with Gasteiger partial charge >= 0.3 is 0 Å². The van der Waals surface area contributed by atoms with Crippen molar-refractivity contribution >= 4 is 28.4 Å². The maximum absolute atomic E-state index is 12.7. The molecule has 0 saturated carbocycles. The number of aromatic nitrogens is 3. The van der Waals surface area contributed by atoms with Crippen LogP contribution in [0.3, 0.4) is 0 Å². The Morgan fingerprint density at radius 1 is 1.00 bits per heavy atom. The highest BCUT2D eigenvalue weighted by Crippen LogP contribution is 2.20. The number of nitrogens with zero attached hydrogens (tertiary/aromatic N) is 3. The Morgan fingerprint density at radius 3 is 2.57 bits per heavy atom. The Morgan fingerprint density at radius 2 is 1.79 bits per heavy atom. The van der Waals surface area contributed by atoms with Crippen LogP contribution in [0.1, 0.15) is 21.7 Å². The number of nitrogens with one attached hydrogen (secondary N) is 1. The Bertz CT molecular complexity index is 1090. The minimum Gasteiger partial charge on any atom is -0.350 e. The van der Waals surface area contributed by atoms with Crippen LogP contribution in [0.4, 0.5) is 0 Å². The summed E-state index contributed by atoms with van der Waals surface area (Å²) < 4.78 is 1.85. The largest absolute Gasteiger partial charge is 0.350 e. The first kappa shape index (κ1) is 18.2. The van der Waals surface area contributed by atoms with Gasteiger partial charge in [0.15, 0.2) is 5.69 Å². The summed E-state index contributed by atoms with van der Waals surface area (Å²) in [5.74, 6) is -0.179. The number of rotatable bonds is 6. The third-order valence-corrected chi connectivity index (χ3v) is 4.76. The zero-order valence-corrected chi connectivity index (χ0v) is 15.9. The fraction of sp³-hybridized carbons (Fsp3) is 0.136. The molecular weight excluding hydrogens is 372 g/mol. The SMILES string of the molecule is O=C(NCCc1ccccn1)c1nn(Cc2ccc(Cl)cc2)c2ccccc12. The minimum atomic E-state index is -0.179. The van der Waals surface area contributed by atoms with Gasteiger partial charge in [-0.2, -0.15) is 5.10 Å². The Kier molecular flexibility index (Phi) is 5.35. The van der Waals surface area contributed by atoms with Crippen molar-refractivity contribution in [1.29, 1.82) is 0 Å². The van der Waals surface area contributed by atoms with E-state index in [4.69, 9.17) is 11.6 Å². The van der Waals surface area contributed by atoms with Crippen molar-refractivity contribution < 1.29 is 4.79 Å². The van der Waals surface area contributed by atoms with Crippen LogP contribution in [0.2, 0.25) is 5.02 Å². The number of para-hydroxylation sites is 1. The van der Waals surface area contributed by atoms with Crippen LogP contribution in [-0.4, -0.2) is 27.2 Å². The van der Waals surface area contributed by atoms with Gasteiger partial charge in [0.25, 0.3) is 5.91 Å². The molecule has 1 amide bonds. The van der Waals surface area contributed by atoms with Crippen LogP contribution in [0, 0.1) is 0 Å². The molecule has 0 saturated heterocycles. The second-order valence-electron chi connectivity index (χ2n) is 6.48. The number of pyridine rings is 1. The molecule has 5 nitrogen and oxygen atoms in total. The van der Waals surface area contributed by atoms with Crippen molar-refractivity contribution in [3.8, 4) is 0 Å². The molecule has 0 aliphatic carbocycles. The van der Waals surface area contributed by atoms with E-state index in [0.29, 0.717) is 30.2 Å². The van der Waals surface area contributed by atoms with E-state index in [0.717, 1.165) is 22.2 Å². The molecular formula is C22H19ClN4O. The van der Waals surface area contributed by atoms with Crippen LogP contribution in [0.15, 0.2) is 72.9 Å². The fourth-order valence-corrected chi connectivity index (χ4v) is 3.24. The summed E-state index contributed by atoms with van der Waals surface area (Å²) in [6.45, 7) is 1.08. The number of fused-ring (bicyclic) bond motifs is 1. The lowest BCUT2D eigenvalue weighted by atomic mass is 10.2. The standard InChI is InChI=1S/C22H19ClN4O/c23-17-10-8-16(9-11-17)15-27-20-7-2-1-6-19(20)21(26-27)22(28)25-14-12-18-5-3-4-13-24-18/h1-11,13H,12,14-15H2,(H,25,28). The number of amides is 1. The van der Waals surface area contributed by atoms with Gasteiger partial charge in [0.1, 0.15) is 0 Å². The summed E-state index contributed by atoms with van der Waals surface area (Å²) in [5, 5.41) is 9.08. The van der Waals surface area contributed by atoms with Crippen molar-refractivity contribution in [2.75, 3.05) is 6.54 Å². The molecule has 0 aliphatic rings. The number of carbonyl (C=O) groups is 1. The molecule has 1 N–H and O–H groups in total. The molecule has 0 fully saturated rings. The van der Waals surface area contributed by atoms with E-state index < -0.39 is 0 Å². The summed E-state index contributed by atoms with van der Waals surface area (Å²) in [7, 11) is 0. The van der Waals surface area contributed by atoms with E-state index in [9.17, 15) is 4.79 Å². The number of carbonyl (C=O) groups excluding carboxylic acids is 1. The molecule has 6 heteroatoms. The van der Waals surface area contributed by atoms with Crippen molar-refractivity contribution in [3.05, 3.63) is 94.9 Å². The summed E-state index contributed by atoms with van der Waals surface area (Å²) in [6, 6.07) is 21.2.